The second-order valence-corrected chi connectivity index (χ2v) is 9.84. The van der Waals surface area contributed by atoms with Gasteiger partial charge in [0.05, 0.1) is 17.3 Å². The molecule has 0 aromatic heterocycles. The van der Waals surface area contributed by atoms with Gasteiger partial charge in [0.15, 0.2) is 0 Å². The number of hydrogen-bond donors (Lipinski definition) is 1. The fourth-order valence-corrected chi connectivity index (χ4v) is 5.56. The van der Waals surface area contributed by atoms with Crippen molar-refractivity contribution < 1.29 is 19.4 Å². The number of epoxide rings is 1. The zero-order valence-corrected chi connectivity index (χ0v) is 17.1. The quantitative estimate of drug-likeness (QED) is 0.448. The van der Waals surface area contributed by atoms with Crippen molar-refractivity contribution in [1.29, 1.82) is 0 Å². The molecule has 0 amide bonds. The predicted octanol–water partition coefficient (Wildman–Crippen LogP) is 4.40. The highest BCUT2D eigenvalue weighted by Crippen LogP contribution is 2.55. The number of allylic oxidation sites excluding steroid dienone is 1. The highest BCUT2D eigenvalue weighted by atomic mass is 16.6. The maximum Gasteiger partial charge on any atom is 0.302 e. The summed E-state index contributed by atoms with van der Waals surface area (Å²) < 4.78 is 11.3. The number of carbonyl (C=O) groups excluding carboxylic acids is 1. The maximum atomic E-state index is 11.2. The molecule has 0 spiro atoms. The van der Waals surface area contributed by atoms with Crippen LogP contribution in [0.5, 0.6) is 0 Å². The smallest absolute Gasteiger partial charge is 0.302 e. The largest absolute Gasteiger partial charge is 0.461 e. The molecule has 0 radical (unpaired) electrons. The van der Waals surface area contributed by atoms with Crippen LogP contribution in [0.4, 0.5) is 0 Å². The van der Waals surface area contributed by atoms with Crippen LogP contribution >= 0.6 is 0 Å². The van der Waals surface area contributed by atoms with Crippen molar-refractivity contribution in [1.82, 2.24) is 0 Å². The molecular weight excluding hydrogens is 328 g/mol. The van der Waals surface area contributed by atoms with Gasteiger partial charge >= 0.3 is 5.97 Å². The lowest BCUT2D eigenvalue weighted by molar-refractivity contribution is -0.140. The average molecular weight is 365 g/mol. The molecule has 2 bridgehead atoms. The van der Waals surface area contributed by atoms with Crippen molar-refractivity contribution in [2.45, 2.75) is 96.9 Å². The molecule has 5 atom stereocenters. The topological polar surface area (TPSA) is 59.1 Å². The van der Waals surface area contributed by atoms with Gasteiger partial charge in [0.1, 0.15) is 6.61 Å². The Balaban J connectivity index is 1.84. The first-order valence-corrected chi connectivity index (χ1v) is 10.3. The number of aliphatic hydroxyl groups is 1. The number of carbonyl (C=O) groups is 1. The van der Waals surface area contributed by atoms with E-state index < -0.39 is 5.60 Å². The molecular formula is C22H36O4. The van der Waals surface area contributed by atoms with Crippen LogP contribution in [0.25, 0.3) is 0 Å². The summed E-state index contributed by atoms with van der Waals surface area (Å²) in [4.78, 5) is 11.2. The van der Waals surface area contributed by atoms with Crippen molar-refractivity contribution in [2.24, 2.45) is 17.3 Å². The standard InChI is InChI=1S/C22H36O4/c1-15(23)25-14-16-6-8-17-10-12-21(4,24)18(20(17,2)3)11-13-22(5)19(26-22)9-7-16/h6,17-19,24H,7-14H2,1-5H3. The van der Waals surface area contributed by atoms with E-state index in [2.05, 4.69) is 26.8 Å². The van der Waals surface area contributed by atoms with Crippen LogP contribution in [0.15, 0.2) is 11.6 Å². The molecule has 1 saturated carbocycles. The molecule has 0 aromatic carbocycles. The van der Waals surface area contributed by atoms with Crippen molar-refractivity contribution in [3.05, 3.63) is 11.6 Å². The van der Waals surface area contributed by atoms with Crippen LogP contribution in [-0.4, -0.2) is 35.0 Å². The molecule has 1 saturated heterocycles. The molecule has 1 heterocycles. The number of esters is 1. The number of fused-ring (bicyclic) bond motifs is 3. The zero-order chi connectivity index (χ0) is 19.2. The summed E-state index contributed by atoms with van der Waals surface area (Å²) in [7, 11) is 0. The van der Waals surface area contributed by atoms with Crippen LogP contribution in [-0.2, 0) is 14.3 Å². The molecule has 148 valence electrons. The Morgan fingerprint density at radius 3 is 2.65 bits per heavy atom. The van der Waals surface area contributed by atoms with Crippen molar-refractivity contribution in [3.8, 4) is 0 Å². The van der Waals surface area contributed by atoms with Gasteiger partial charge < -0.3 is 14.6 Å². The van der Waals surface area contributed by atoms with Gasteiger partial charge in [-0.1, -0.05) is 19.9 Å². The summed E-state index contributed by atoms with van der Waals surface area (Å²) in [5, 5.41) is 11.1. The van der Waals surface area contributed by atoms with Gasteiger partial charge in [0, 0.05) is 6.92 Å². The molecule has 1 N–H and O–H groups in total. The minimum Gasteiger partial charge on any atom is -0.461 e. The van der Waals surface area contributed by atoms with Gasteiger partial charge in [0.2, 0.25) is 0 Å². The summed E-state index contributed by atoms with van der Waals surface area (Å²) in [6.07, 6.45) is 9.44. The summed E-state index contributed by atoms with van der Waals surface area (Å²) in [5.74, 6) is 0.599. The summed E-state index contributed by atoms with van der Waals surface area (Å²) >= 11 is 0. The van der Waals surface area contributed by atoms with Crippen LogP contribution in [0.3, 0.4) is 0 Å². The Labute approximate surface area is 158 Å². The predicted molar refractivity (Wildman–Crippen MR) is 102 cm³/mol. The lowest BCUT2D eigenvalue weighted by Crippen LogP contribution is -2.51. The number of ether oxygens (including phenoxy) is 2. The molecule has 3 rings (SSSR count). The Hall–Kier alpha value is -0.870. The van der Waals surface area contributed by atoms with Gasteiger partial charge in [0.25, 0.3) is 0 Å². The molecule has 2 aliphatic carbocycles. The fourth-order valence-electron chi connectivity index (χ4n) is 5.56. The third-order valence-corrected chi connectivity index (χ3v) is 7.54. The molecule has 4 nitrogen and oxygen atoms in total. The lowest BCUT2D eigenvalue weighted by atomic mass is 9.54. The molecule has 4 heteroatoms. The Morgan fingerprint density at radius 1 is 1.23 bits per heavy atom. The highest BCUT2D eigenvalue weighted by Gasteiger charge is 2.55. The van der Waals surface area contributed by atoms with E-state index in [-0.39, 0.29) is 29.0 Å². The van der Waals surface area contributed by atoms with Gasteiger partial charge in [-0.05, 0) is 81.6 Å². The lowest BCUT2D eigenvalue weighted by Gasteiger charge is -2.53. The Morgan fingerprint density at radius 2 is 1.96 bits per heavy atom. The first kappa shape index (κ1) is 19.9. The van der Waals surface area contributed by atoms with Crippen molar-refractivity contribution >= 4 is 5.97 Å². The third kappa shape index (κ3) is 4.01. The van der Waals surface area contributed by atoms with E-state index in [1.165, 1.54) is 12.5 Å². The Bertz CT molecular complexity index is 577. The molecule has 26 heavy (non-hydrogen) atoms. The van der Waals surface area contributed by atoms with Crippen LogP contribution in [0, 0.1) is 17.3 Å². The van der Waals surface area contributed by atoms with E-state index in [4.69, 9.17) is 9.47 Å². The van der Waals surface area contributed by atoms with Gasteiger partial charge in [-0.2, -0.15) is 0 Å². The summed E-state index contributed by atoms with van der Waals surface area (Å²) in [6, 6.07) is 0. The van der Waals surface area contributed by atoms with Crippen molar-refractivity contribution in [2.75, 3.05) is 6.61 Å². The maximum absolute atomic E-state index is 11.2. The number of hydrogen-bond acceptors (Lipinski definition) is 4. The van der Waals surface area contributed by atoms with E-state index in [1.807, 2.05) is 6.92 Å². The zero-order valence-electron chi connectivity index (χ0n) is 17.1. The average Bonchev–Trinajstić information content (AvgIpc) is 3.16. The van der Waals surface area contributed by atoms with E-state index in [9.17, 15) is 9.90 Å². The number of rotatable bonds is 2. The highest BCUT2D eigenvalue weighted by molar-refractivity contribution is 5.66. The van der Waals surface area contributed by atoms with Crippen LogP contribution in [0.1, 0.15) is 79.6 Å². The molecule has 0 aromatic rings. The SMILES string of the molecule is CC(=O)OCC1=CCC2CCC(C)(O)C(CCC3(C)OC3CC1)C2(C)C. The minimum absolute atomic E-state index is 0.0508. The second-order valence-electron chi connectivity index (χ2n) is 9.84. The Kier molecular flexibility index (Phi) is 5.31. The van der Waals surface area contributed by atoms with Gasteiger partial charge in [-0.15, -0.1) is 0 Å². The van der Waals surface area contributed by atoms with E-state index in [0.717, 1.165) is 44.9 Å². The van der Waals surface area contributed by atoms with Gasteiger partial charge in [-0.25, -0.2) is 0 Å². The molecule has 1 aliphatic heterocycles. The third-order valence-electron chi connectivity index (χ3n) is 7.54. The van der Waals surface area contributed by atoms with Gasteiger partial charge in [-0.3, -0.25) is 4.79 Å². The normalized spacial score (nSPS) is 42.5. The van der Waals surface area contributed by atoms with E-state index in [0.29, 0.717) is 12.5 Å². The van der Waals surface area contributed by atoms with Crippen molar-refractivity contribution in [3.63, 3.8) is 0 Å². The first-order valence-electron chi connectivity index (χ1n) is 10.3. The monoisotopic (exact) mass is 364 g/mol. The van der Waals surface area contributed by atoms with Crippen LogP contribution in [0.2, 0.25) is 0 Å². The van der Waals surface area contributed by atoms with E-state index >= 15 is 0 Å². The summed E-state index contributed by atoms with van der Waals surface area (Å²) in [5.41, 5.74) is 0.633. The molecule has 3 aliphatic rings. The van der Waals surface area contributed by atoms with Crippen LogP contribution < -0.4 is 0 Å². The first-order chi connectivity index (χ1) is 12.0. The second kappa shape index (κ2) is 6.94. The fraction of sp³-hybridized carbons (Fsp3) is 0.864. The molecule has 2 fully saturated rings. The minimum atomic E-state index is -0.602. The molecule has 5 unspecified atom stereocenters. The van der Waals surface area contributed by atoms with E-state index in [1.54, 1.807) is 0 Å². The summed E-state index contributed by atoms with van der Waals surface area (Å²) in [6.45, 7) is 10.8.